The molecule has 0 saturated carbocycles. The second-order valence-corrected chi connectivity index (χ2v) is 11.0. The summed E-state index contributed by atoms with van der Waals surface area (Å²) in [5, 5.41) is 9.87. The summed E-state index contributed by atoms with van der Waals surface area (Å²) in [6.07, 6.45) is 2.68. The maximum absolute atomic E-state index is 13.0. The molecule has 9 heteroatoms. The minimum Gasteiger partial charge on any atom is -0.332 e. The molecule has 37 heavy (non-hydrogen) atoms. The third-order valence-corrected chi connectivity index (χ3v) is 8.30. The quantitative estimate of drug-likeness (QED) is 0.361. The molecule has 2 atom stereocenters. The van der Waals surface area contributed by atoms with E-state index in [0.29, 0.717) is 5.69 Å². The highest BCUT2D eigenvalue weighted by atomic mass is 32.2. The van der Waals surface area contributed by atoms with Crippen LogP contribution in [-0.2, 0) is 16.4 Å². The Morgan fingerprint density at radius 3 is 2.38 bits per heavy atom. The Bertz CT molecular complexity index is 1590. The summed E-state index contributed by atoms with van der Waals surface area (Å²) in [7, 11) is -3.86. The number of anilines is 2. The van der Waals surface area contributed by atoms with Crippen LogP contribution < -0.4 is 15.0 Å². The summed E-state index contributed by atoms with van der Waals surface area (Å²) in [5.74, 6) is 0.166. The Morgan fingerprint density at radius 2 is 1.62 bits per heavy atom. The van der Waals surface area contributed by atoms with E-state index in [9.17, 15) is 8.42 Å². The van der Waals surface area contributed by atoms with E-state index in [-0.39, 0.29) is 22.0 Å². The lowest BCUT2D eigenvalue weighted by Crippen LogP contribution is -2.34. The number of hydrogen-bond acceptors (Lipinski definition) is 6. The molecule has 2 aliphatic rings. The van der Waals surface area contributed by atoms with Gasteiger partial charge in [0.05, 0.1) is 22.0 Å². The van der Waals surface area contributed by atoms with Gasteiger partial charge in [-0.1, -0.05) is 48.5 Å². The molecule has 2 heterocycles. The third kappa shape index (κ3) is 4.47. The number of benzene rings is 3. The standard InChI is InChI=1S/C28H23N5O2S2/c34-37(35,32-28(36)30-20-9-2-1-3-10-20)22-15-13-21(14-16-22)33-27(25-12-6-7-17-29-25)24-18-19-8-4-5-11-23(19)26(24)31-33/h1-17,24,27H,18H2,(H2,30,32,36). The van der Waals surface area contributed by atoms with Crippen LogP contribution in [-0.4, -0.2) is 24.2 Å². The van der Waals surface area contributed by atoms with Gasteiger partial charge in [0, 0.05) is 23.4 Å². The zero-order valence-corrected chi connectivity index (χ0v) is 21.3. The molecule has 184 valence electrons. The number of nitrogens with zero attached hydrogens (tertiary/aromatic N) is 3. The molecule has 2 unspecified atom stereocenters. The van der Waals surface area contributed by atoms with Crippen molar-refractivity contribution in [1.29, 1.82) is 0 Å². The predicted octanol–water partition coefficient (Wildman–Crippen LogP) is 4.89. The van der Waals surface area contributed by atoms with Crippen LogP contribution in [0.1, 0.15) is 22.9 Å². The van der Waals surface area contributed by atoms with Crippen LogP contribution in [0.3, 0.4) is 0 Å². The molecule has 7 nitrogen and oxygen atoms in total. The first kappa shape index (κ1) is 23.3. The van der Waals surface area contributed by atoms with Crippen molar-refractivity contribution in [2.75, 3.05) is 10.3 Å². The molecule has 2 N–H and O–H groups in total. The van der Waals surface area contributed by atoms with Crippen molar-refractivity contribution in [2.24, 2.45) is 11.0 Å². The molecule has 3 aromatic carbocycles. The Balaban J connectivity index is 1.27. The maximum atomic E-state index is 13.0. The number of hydrogen-bond donors (Lipinski definition) is 2. The minimum atomic E-state index is -3.86. The van der Waals surface area contributed by atoms with Crippen LogP contribution in [0.15, 0.2) is 113 Å². The van der Waals surface area contributed by atoms with E-state index in [1.54, 1.807) is 42.6 Å². The highest BCUT2D eigenvalue weighted by Crippen LogP contribution is 2.45. The molecule has 4 aromatic rings. The second kappa shape index (κ2) is 9.42. The summed E-state index contributed by atoms with van der Waals surface area (Å²) in [4.78, 5) is 4.75. The van der Waals surface area contributed by atoms with Crippen LogP contribution >= 0.6 is 12.2 Å². The van der Waals surface area contributed by atoms with E-state index >= 15 is 0 Å². The summed E-state index contributed by atoms with van der Waals surface area (Å²) in [6.45, 7) is 0. The normalized spacial score (nSPS) is 18.1. The SMILES string of the molecule is O=S(=O)(NC(=S)Nc1ccccc1)c1ccc(N2N=C3c4ccccc4CC3C2c2ccccn2)cc1. The van der Waals surface area contributed by atoms with E-state index in [2.05, 4.69) is 33.2 Å². The van der Waals surface area contributed by atoms with Gasteiger partial charge in [-0.3, -0.25) is 14.7 Å². The van der Waals surface area contributed by atoms with Gasteiger partial charge in [0.2, 0.25) is 0 Å². The Labute approximate surface area is 220 Å². The number of rotatable bonds is 5. The van der Waals surface area contributed by atoms with Gasteiger partial charge in [-0.2, -0.15) is 5.10 Å². The molecule has 1 aromatic heterocycles. The van der Waals surface area contributed by atoms with Crippen LogP contribution in [0.5, 0.6) is 0 Å². The molecule has 6 rings (SSSR count). The number of hydrazone groups is 1. The number of fused-ring (bicyclic) bond motifs is 3. The van der Waals surface area contributed by atoms with Gasteiger partial charge >= 0.3 is 0 Å². The van der Waals surface area contributed by atoms with E-state index in [4.69, 9.17) is 17.3 Å². The zero-order valence-electron chi connectivity index (χ0n) is 19.7. The highest BCUT2D eigenvalue weighted by molar-refractivity contribution is 7.92. The molecule has 0 radical (unpaired) electrons. The predicted molar refractivity (Wildman–Crippen MR) is 149 cm³/mol. The lowest BCUT2D eigenvalue weighted by molar-refractivity contribution is 0.543. The Morgan fingerprint density at radius 1 is 0.892 bits per heavy atom. The molecule has 1 aliphatic carbocycles. The van der Waals surface area contributed by atoms with Crippen molar-refractivity contribution in [1.82, 2.24) is 9.71 Å². The van der Waals surface area contributed by atoms with Crippen LogP contribution in [0.2, 0.25) is 0 Å². The molecule has 0 bridgehead atoms. The van der Waals surface area contributed by atoms with Gasteiger partial charge in [-0.05, 0) is 72.7 Å². The van der Waals surface area contributed by atoms with Gasteiger partial charge in [-0.25, -0.2) is 8.42 Å². The van der Waals surface area contributed by atoms with Gasteiger partial charge in [0.1, 0.15) is 6.04 Å². The number of aromatic nitrogens is 1. The minimum absolute atomic E-state index is 0.00271. The first-order chi connectivity index (χ1) is 18.0. The van der Waals surface area contributed by atoms with Crippen molar-refractivity contribution in [3.63, 3.8) is 0 Å². The van der Waals surface area contributed by atoms with Crippen molar-refractivity contribution in [2.45, 2.75) is 17.4 Å². The Hall–Kier alpha value is -4.08. The molecule has 0 fully saturated rings. The van der Waals surface area contributed by atoms with Gasteiger partial charge in [0.15, 0.2) is 5.11 Å². The van der Waals surface area contributed by atoms with Gasteiger partial charge in [-0.15, -0.1) is 0 Å². The Kier molecular flexibility index (Phi) is 5.94. The van der Waals surface area contributed by atoms with E-state index < -0.39 is 10.0 Å². The van der Waals surface area contributed by atoms with Crippen LogP contribution in [0.25, 0.3) is 0 Å². The monoisotopic (exact) mass is 525 g/mol. The van der Waals surface area contributed by atoms with Crippen molar-refractivity contribution < 1.29 is 8.42 Å². The fourth-order valence-corrected chi connectivity index (χ4v) is 6.31. The molecule has 0 amide bonds. The third-order valence-electron chi connectivity index (χ3n) is 6.61. The van der Waals surface area contributed by atoms with Crippen molar-refractivity contribution in [3.05, 3.63) is 120 Å². The highest BCUT2D eigenvalue weighted by Gasteiger charge is 2.44. The maximum Gasteiger partial charge on any atom is 0.263 e. The second-order valence-electron chi connectivity index (χ2n) is 8.92. The fraction of sp³-hybridized carbons (Fsp3) is 0.107. The zero-order chi connectivity index (χ0) is 25.4. The molecule has 0 spiro atoms. The molecular formula is C28H23N5O2S2. The smallest absolute Gasteiger partial charge is 0.263 e. The van der Waals surface area contributed by atoms with Crippen LogP contribution in [0.4, 0.5) is 11.4 Å². The van der Waals surface area contributed by atoms with Crippen molar-refractivity contribution in [3.8, 4) is 0 Å². The first-order valence-electron chi connectivity index (χ1n) is 11.9. The summed E-state index contributed by atoms with van der Waals surface area (Å²) in [6, 6.07) is 30.0. The summed E-state index contributed by atoms with van der Waals surface area (Å²) in [5.41, 5.74) is 5.92. The van der Waals surface area contributed by atoms with E-state index in [0.717, 1.165) is 23.5 Å². The fourth-order valence-electron chi connectivity index (χ4n) is 4.96. The van der Waals surface area contributed by atoms with Crippen molar-refractivity contribution >= 4 is 44.4 Å². The summed E-state index contributed by atoms with van der Waals surface area (Å²) >= 11 is 5.21. The lowest BCUT2D eigenvalue weighted by atomic mass is 9.93. The lowest BCUT2D eigenvalue weighted by Gasteiger charge is -2.27. The largest absolute Gasteiger partial charge is 0.332 e. The number of thiocarbonyl (C=S) groups is 1. The van der Waals surface area contributed by atoms with Gasteiger partial charge < -0.3 is 5.32 Å². The first-order valence-corrected chi connectivity index (χ1v) is 13.7. The molecule has 0 saturated heterocycles. The van der Waals surface area contributed by atoms with E-state index in [1.807, 2.05) is 47.5 Å². The number of para-hydroxylation sites is 1. The topological polar surface area (TPSA) is 86.7 Å². The summed E-state index contributed by atoms with van der Waals surface area (Å²) < 4.78 is 28.3. The number of sulfonamides is 1. The van der Waals surface area contributed by atoms with Crippen LogP contribution in [0, 0.1) is 5.92 Å². The number of pyridine rings is 1. The average molecular weight is 526 g/mol. The molecular weight excluding hydrogens is 502 g/mol. The number of nitrogens with one attached hydrogen (secondary N) is 2. The van der Waals surface area contributed by atoms with Gasteiger partial charge in [0.25, 0.3) is 10.0 Å². The molecule has 1 aliphatic heterocycles. The average Bonchev–Trinajstić information content (AvgIpc) is 3.46. The van der Waals surface area contributed by atoms with E-state index in [1.165, 1.54) is 11.1 Å².